The summed E-state index contributed by atoms with van der Waals surface area (Å²) >= 11 is 0. The SMILES string of the molecule is Cc1cc(C)c(CNC(=O)NCCc2ccccc2F)c(=O)[nH]1. The zero-order valence-corrected chi connectivity index (χ0v) is 13.2. The molecule has 1 aromatic heterocycles. The Kier molecular flexibility index (Phi) is 5.51. The first-order chi connectivity index (χ1) is 11.0. The fourth-order valence-corrected chi connectivity index (χ4v) is 2.34. The van der Waals surface area contributed by atoms with Crippen LogP contribution in [0.4, 0.5) is 9.18 Å². The fraction of sp³-hybridized carbons (Fsp3) is 0.294. The van der Waals surface area contributed by atoms with Crippen LogP contribution in [0.1, 0.15) is 22.4 Å². The van der Waals surface area contributed by atoms with Gasteiger partial charge in [0, 0.05) is 17.8 Å². The van der Waals surface area contributed by atoms with Crippen LogP contribution in [-0.2, 0) is 13.0 Å². The van der Waals surface area contributed by atoms with Crippen molar-refractivity contribution in [3.05, 3.63) is 68.9 Å². The molecule has 0 spiro atoms. The number of carbonyl (C=O) groups excluding carboxylic acids is 1. The Morgan fingerprint density at radius 3 is 2.65 bits per heavy atom. The third-order valence-corrected chi connectivity index (χ3v) is 3.56. The highest BCUT2D eigenvalue weighted by Gasteiger charge is 2.07. The first-order valence-electron chi connectivity index (χ1n) is 7.42. The van der Waals surface area contributed by atoms with Gasteiger partial charge in [-0.2, -0.15) is 0 Å². The molecule has 0 aliphatic rings. The molecular formula is C17H20FN3O2. The number of rotatable bonds is 5. The Morgan fingerprint density at radius 2 is 1.96 bits per heavy atom. The molecule has 0 fully saturated rings. The summed E-state index contributed by atoms with van der Waals surface area (Å²) in [7, 11) is 0. The number of halogens is 1. The molecule has 0 atom stereocenters. The first-order valence-corrected chi connectivity index (χ1v) is 7.42. The molecule has 0 saturated carbocycles. The predicted octanol–water partition coefficient (Wildman–Crippen LogP) is 2.17. The third kappa shape index (κ3) is 4.67. The number of benzene rings is 1. The van der Waals surface area contributed by atoms with Crippen LogP contribution in [0.15, 0.2) is 35.1 Å². The summed E-state index contributed by atoms with van der Waals surface area (Å²) in [6, 6.07) is 7.92. The maximum atomic E-state index is 13.4. The van der Waals surface area contributed by atoms with Gasteiger partial charge in [-0.1, -0.05) is 18.2 Å². The molecule has 122 valence electrons. The van der Waals surface area contributed by atoms with E-state index in [1.54, 1.807) is 25.1 Å². The van der Waals surface area contributed by atoms with Gasteiger partial charge in [0.1, 0.15) is 5.82 Å². The van der Waals surface area contributed by atoms with E-state index in [4.69, 9.17) is 0 Å². The van der Waals surface area contributed by atoms with E-state index in [-0.39, 0.29) is 24.0 Å². The van der Waals surface area contributed by atoms with Crippen molar-refractivity contribution in [2.75, 3.05) is 6.54 Å². The lowest BCUT2D eigenvalue weighted by Crippen LogP contribution is -2.37. The Hall–Kier alpha value is -2.63. The van der Waals surface area contributed by atoms with Gasteiger partial charge in [-0.25, -0.2) is 9.18 Å². The van der Waals surface area contributed by atoms with Crippen LogP contribution in [0, 0.1) is 19.7 Å². The Balaban J connectivity index is 1.82. The van der Waals surface area contributed by atoms with Crippen LogP contribution < -0.4 is 16.2 Å². The number of aromatic amines is 1. The quantitative estimate of drug-likeness (QED) is 0.791. The molecule has 0 bridgehead atoms. The van der Waals surface area contributed by atoms with E-state index in [9.17, 15) is 14.0 Å². The number of pyridine rings is 1. The summed E-state index contributed by atoms with van der Waals surface area (Å²) in [4.78, 5) is 26.3. The number of hydrogen-bond donors (Lipinski definition) is 3. The molecule has 2 rings (SSSR count). The van der Waals surface area contributed by atoms with Gasteiger partial charge in [0.05, 0.1) is 6.54 Å². The van der Waals surface area contributed by atoms with E-state index >= 15 is 0 Å². The van der Waals surface area contributed by atoms with Gasteiger partial charge >= 0.3 is 6.03 Å². The summed E-state index contributed by atoms with van der Waals surface area (Å²) in [6.07, 6.45) is 0.407. The highest BCUT2D eigenvalue weighted by molar-refractivity contribution is 5.73. The molecule has 6 heteroatoms. The van der Waals surface area contributed by atoms with Crippen molar-refractivity contribution in [1.82, 2.24) is 15.6 Å². The Bertz CT molecular complexity index is 756. The zero-order valence-electron chi connectivity index (χ0n) is 13.2. The van der Waals surface area contributed by atoms with Crippen molar-refractivity contribution in [3.63, 3.8) is 0 Å². The molecule has 23 heavy (non-hydrogen) atoms. The minimum Gasteiger partial charge on any atom is -0.338 e. The summed E-state index contributed by atoms with van der Waals surface area (Å²) in [5.74, 6) is -0.281. The molecule has 0 unspecified atom stereocenters. The maximum absolute atomic E-state index is 13.4. The molecule has 0 aliphatic carbocycles. The Labute approximate surface area is 133 Å². The summed E-state index contributed by atoms with van der Waals surface area (Å²) in [5.41, 5.74) is 2.50. The first kappa shape index (κ1) is 16.7. The second-order valence-electron chi connectivity index (χ2n) is 5.39. The van der Waals surface area contributed by atoms with Crippen molar-refractivity contribution in [1.29, 1.82) is 0 Å². The number of carbonyl (C=O) groups is 1. The molecule has 5 nitrogen and oxygen atoms in total. The highest BCUT2D eigenvalue weighted by Crippen LogP contribution is 2.06. The van der Waals surface area contributed by atoms with Gasteiger partial charge in [-0.05, 0) is 43.5 Å². The van der Waals surface area contributed by atoms with Crippen molar-refractivity contribution in [2.24, 2.45) is 0 Å². The van der Waals surface area contributed by atoms with Crippen molar-refractivity contribution in [3.8, 4) is 0 Å². The monoisotopic (exact) mass is 317 g/mol. The van der Waals surface area contributed by atoms with Crippen LogP contribution in [0.2, 0.25) is 0 Å². The van der Waals surface area contributed by atoms with E-state index in [0.29, 0.717) is 24.1 Å². The minimum atomic E-state index is -0.388. The molecule has 0 saturated heterocycles. The predicted molar refractivity (Wildman–Crippen MR) is 86.9 cm³/mol. The summed E-state index contributed by atoms with van der Waals surface area (Å²) < 4.78 is 13.4. The van der Waals surface area contributed by atoms with E-state index in [1.165, 1.54) is 6.07 Å². The van der Waals surface area contributed by atoms with Crippen molar-refractivity contribution < 1.29 is 9.18 Å². The summed E-state index contributed by atoms with van der Waals surface area (Å²) in [6.45, 7) is 4.10. The zero-order chi connectivity index (χ0) is 16.8. The lowest BCUT2D eigenvalue weighted by Gasteiger charge is -2.10. The van der Waals surface area contributed by atoms with Gasteiger partial charge < -0.3 is 15.6 Å². The average molecular weight is 317 g/mol. The molecule has 0 aliphatic heterocycles. The number of hydrogen-bond acceptors (Lipinski definition) is 2. The van der Waals surface area contributed by atoms with Gasteiger partial charge in [0.2, 0.25) is 0 Å². The van der Waals surface area contributed by atoms with Crippen LogP contribution in [0.25, 0.3) is 0 Å². The van der Waals surface area contributed by atoms with Crippen LogP contribution in [0.3, 0.4) is 0 Å². The number of H-pyrrole nitrogens is 1. The normalized spacial score (nSPS) is 10.4. The molecule has 1 aromatic carbocycles. The number of nitrogens with one attached hydrogen (secondary N) is 3. The molecule has 0 radical (unpaired) electrons. The van der Waals surface area contributed by atoms with Gasteiger partial charge in [0.25, 0.3) is 5.56 Å². The molecule has 1 heterocycles. The largest absolute Gasteiger partial charge is 0.338 e. The molecule has 2 aromatic rings. The minimum absolute atomic E-state index is 0.146. The van der Waals surface area contributed by atoms with Crippen LogP contribution in [-0.4, -0.2) is 17.6 Å². The number of aryl methyl sites for hydroxylation is 2. The smallest absolute Gasteiger partial charge is 0.315 e. The second-order valence-corrected chi connectivity index (χ2v) is 5.39. The third-order valence-electron chi connectivity index (χ3n) is 3.56. The van der Waals surface area contributed by atoms with Crippen LogP contribution in [0.5, 0.6) is 0 Å². The summed E-state index contributed by atoms with van der Waals surface area (Å²) in [5, 5.41) is 5.29. The van der Waals surface area contributed by atoms with E-state index in [1.807, 2.05) is 13.0 Å². The fourth-order valence-electron chi connectivity index (χ4n) is 2.34. The van der Waals surface area contributed by atoms with Crippen molar-refractivity contribution >= 4 is 6.03 Å². The van der Waals surface area contributed by atoms with E-state index in [2.05, 4.69) is 15.6 Å². The second kappa shape index (κ2) is 7.58. The number of aromatic nitrogens is 1. The molecular weight excluding hydrogens is 297 g/mol. The Morgan fingerprint density at radius 1 is 1.22 bits per heavy atom. The molecule has 2 amide bonds. The van der Waals surface area contributed by atoms with E-state index < -0.39 is 0 Å². The van der Waals surface area contributed by atoms with E-state index in [0.717, 1.165) is 11.3 Å². The standard InChI is InChI=1S/C17H20FN3O2/c1-11-9-12(2)21-16(22)14(11)10-20-17(23)19-8-7-13-5-3-4-6-15(13)18/h3-6,9H,7-8,10H2,1-2H3,(H,21,22)(H2,19,20,23). The topological polar surface area (TPSA) is 74.0 Å². The van der Waals surface area contributed by atoms with Gasteiger partial charge in [0.15, 0.2) is 0 Å². The lowest BCUT2D eigenvalue weighted by molar-refractivity contribution is 0.240. The lowest BCUT2D eigenvalue weighted by atomic mass is 10.1. The average Bonchev–Trinajstić information content (AvgIpc) is 2.48. The number of amides is 2. The maximum Gasteiger partial charge on any atom is 0.315 e. The highest BCUT2D eigenvalue weighted by atomic mass is 19.1. The number of urea groups is 1. The van der Waals surface area contributed by atoms with Gasteiger partial charge in [-0.15, -0.1) is 0 Å². The van der Waals surface area contributed by atoms with Crippen LogP contribution >= 0.6 is 0 Å². The molecule has 3 N–H and O–H groups in total. The van der Waals surface area contributed by atoms with Crippen molar-refractivity contribution in [2.45, 2.75) is 26.8 Å². The van der Waals surface area contributed by atoms with Gasteiger partial charge in [-0.3, -0.25) is 4.79 Å².